The van der Waals surface area contributed by atoms with Crippen molar-refractivity contribution in [2.24, 2.45) is 0 Å². The van der Waals surface area contributed by atoms with Crippen LogP contribution in [0.15, 0.2) is 47.0 Å². The Hall–Kier alpha value is -2.53. The fourth-order valence-electron chi connectivity index (χ4n) is 2.31. The van der Waals surface area contributed by atoms with Crippen LogP contribution < -0.4 is 10.1 Å². The molecule has 0 bridgehead atoms. The van der Waals surface area contributed by atoms with E-state index in [1.54, 1.807) is 7.11 Å². The lowest BCUT2D eigenvalue weighted by Crippen LogP contribution is -2.12. The predicted octanol–water partition coefficient (Wildman–Crippen LogP) is 3.28. The zero-order chi connectivity index (χ0) is 15.4. The number of aromatic nitrogens is 2. The first-order valence-corrected chi connectivity index (χ1v) is 7.19. The van der Waals surface area contributed by atoms with Crippen LogP contribution in [-0.2, 0) is 13.1 Å². The Bertz CT molecular complexity index is 728. The summed E-state index contributed by atoms with van der Waals surface area (Å²) in [5, 5.41) is 10.5. The highest BCUT2D eigenvalue weighted by molar-refractivity contribution is 5.56. The first kappa shape index (κ1) is 14.4. The smallest absolute Gasteiger partial charge is 0.152 e. The van der Waals surface area contributed by atoms with Crippen molar-refractivity contribution in [1.82, 2.24) is 15.5 Å². The van der Waals surface area contributed by atoms with E-state index in [1.165, 1.54) is 5.56 Å². The average Bonchev–Trinajstić information content (AvgIpc) is 3.16. The van der Waals surface area contributed by atoms with Gasteiger partial charge in [0.25, 0.3) is 0 Å². The molecule has 2 N–H and O–H groups in total. The molecule has 0 unspecified atom stereocenters. The van der Waals surface area contributed by atoms with Crippen molar-refractivity contribution in [3.63, 3.8) is 0 Å². The molecule has 0 aliphatic carbocycles. The summed E-state index contributed by atoms with van der Waals surface area (Å²) in [6.07, 6.45) is 1.83. The molecule has 114 valence electrons. The van der Waals surface area contributed by atoms with Gasteiger partial charge in [-0.15, -0.1) is 0 Å². The molecule has 3 rings (SSSR count). The van der Waals surface area contributed by atoms with Crippen LogP contribution in [0.25, 0.3) is 11.5 Å². The highest BCUT2D eigenvalue weighted by atomic mass is 16.5. The van der Waals surface area contributed by atoms with Gasteiger partial charge in [-0.05, 0) is 36.8 Å². The number of rotatable bonds is 6. The number of H-pyrrole nitrogens is 1. The number of hydrogen-bond acceptors (Lipinski definition) is 4. The molecule has 0 aliphatic rings. The van der Waals surface area contributed by atoms with E-state index in [1.807, 2.05) is 37.4 Å². The van der Waals surface area contributed by atoms with Crippen molar-refractivity contribution in [2.45, 2.75) is 20.0 Å². The van der Waals surface area contributed by atoms with E-state index in [0.29, 0.717) is 0 Å². The van der Waals surface area contributed by atoms with Crippen molar-refractivity contribution in [3.05, 3.63) is 59.5 Å². The van der Waals surface area contributed by atoms with Crippen molar-refractivity contribution >= 4 is 0 Å². The molecule has 0 amide bonds. The van der Waals surface area contributed by atoms with E-state index >= 15 is 0 Å². The number of furan rings is 1. The summed E-state index contributed by atoms with van der Waals surface area (Å²) in [4.78, 5) is 0. The van der Waals surface area contributed by atoms with E-state index in [9.17, 15) is 0 Å². The zero-order valence-electron chi connectivity index (χ0n) is 12.7. The Morgan fingerprint density at radius 3 is 2.64 bits per heavy atom. The molecule has 0 saturated carbocycles. The minimum atomic E-state index is 0.720. The number of benzene rings is 1. The van der Waals surface area contributed by atoms with Crippen LogP contribution in [0.4, 0.5) is 0 Å². The predicted molar refractivity (Wildman–Crippen MR) is 84.6 cm³/mol. The van der Waals surface area contributed by atoms with E-state index in [-0.39, 0.29) is 0 Å². The fourth-order valence-corrected chi connectivity index (χ4v) is 2.31. The molecule has 5 nitrogen and oxygen atoms in total. The number of aromatic amines is 1. The molecule has 2 heterocycles. The summed E-state index contributed by atoms with van der Waals surface area (Å²) in [5.41, 5.74) is 3.22. The SMILES string of the molecule is COc1ccc(CNCc2cn[nH]c2-c2ccc(C)o2)cc1. The Morgan fingerprint density at radius 1 is 1.14 bits per heavy atom. The normalized spacial score (nSPS) is 10.8. The second kappa shape index (κ2) is 6.49. The van der Waals surface area contributed by atoms with Crippen LogP contribution in [0, 0.1) is 6.92 Å². The third-order valence-corrected chi connectivity index (χ3v) is 3.51. The number of methoxy groups -OCH3 is 1. The number of ether oxygens (including phenoxy) is 1. The van der Waals surface area contributed by atoms with Crippen LogP contribution in [0.3, 0.4) is 0 Å². The molecular formula is C17H19N3O2. The van der Waals surface area contributed by atoms with E-state index in [2.05, 4.69) is 27.6 Å². The summed E-state index contributed by atoms with van der Waals surface area (Å²) in [6, 6.07) is 11.9. The van der Waals surface area contributed by atoms with Gasteiger partial charge in [-0.3, -0.25) is 5.10 Å². The molecule has 0 saturated heterocycles. The van der Waals surface area contributed by atoms with Gasteiger partial charge in [0, 0.05) is 18.7 Å². The van der Waals surface area contributed by atoms with Crippen molar-refractivity contribution in [1.29, 1.82) is 0 Å². The molecule has 0 atom stereocenters. The first-order valence-electron chi connectivity index (χ1n) is 7.19. The van der Waals surface area contributed by atoms with Crippen molar-refractivity contribution in [3.8, 4) is 17.2 Å². The summed E-state index contributed by atoms with van der Waals surface area (Å²) in [7, 11) is 1.67. The molecule has 0 aliphatic heterocycles. The van der Waals surface area contributed by atoms with Crippen LogP contribution in [-0.4, -0.2) is 17.3 Å². The molecule has 22 heavy (non-hydrogen) atoms. The second-order valence-electron chi connectivity index (χ2n) is 5.13. The first-order chi connectivity index (χ1) is 10.8. The van der Waals surface area contributed by atoms with Gasteiger partial charge < -0.3 is 14.5 Å². The third-order valence-electron chi connectivity index (χ3n) is 3.51. The molecule has 0 radical (unpaired) electrons. The fraction of sp³-hybridized carbons (Fsp3) is 0.235. The zero-order valence-corrected chi connectivity index (χ0v) is 12.7. The maximum Gasteiger partial charge on any atom is 0.152 e. The second-order valence-corrected chi connectivity index (χ2v) is 5.13. The van der Waals surface area contributed by atoms with Crippen molar-refractivity contribution < 1.29 is 9.15 Å². The molecule has 0 fully saturated rings. The summed E-state index contributed by atoms with van der Waals surface area (Å²) < 4.78 is 10.8. The lowest BCUT2D eigenvalue weighted by Gasteiger charge is -2.06. The van der Waals surface area contributed by atoms with Gasteiger partial charge in [-0.2, -0.15) is 5.10 Å². The van der Waals surface area contributed by atoms with Gasteiger partial charge in [0.05, 0.1) is 13.3 Å². The quantitative estimate of drug-likeness (QED) is 0.733. The number of hydrogen-bond donors (Lipinski definition) is 2. The van der Waals surface area contributed by atoms with Gasteiger partial charge in [0.15, 0.2) is 5.76 Å². The van der Waals surface area contributed by atoms with Gasteiger partial charge in [-0.1, -0.05) is 12.1 Å². The van der Waals surface area contributed by atoms with Gasteiger partial charge in [0.1, 0.15) is 17.2 Å². The van der Waals surface area contributed by atoms with Crippen LogP contribution in [0.5, 0.6) is 5.75 Å². The molecule has 0 spiro atoms. The number of nitrogens with one attached hydrogen (secondary N) is 2. The Kier molecular flexibility index (Phi) is 4.25. The number of nitrogens with zero attached hydrogens (tertiary/aromatic N) is 1. The van der Waals surface area contributed by atoms with Crippen LogP contribution in [0.1, 0.15) is 16.9 Å². The van der Waals surface area contributed by atoms with E-state index in [0.717, 1.165) is 41.6 Å². The Morgan fingerprint density at radius 2 is 1.95 bits per heavy atom. The van der Waals surface area contributed by atoms with Gasteiger partial charge in [-0.25, -0.2) is 0 Å². The maximum absolute atomic E-state index is 5.65. The summed E-state index contributed by atoms with van der Waals surface area (Å²) in [6.45, 7) is 3.44. The van der Waals surface area contributed by atoms with Crippen LogP contribution >= 0.6 is 0 Å². The van der Waals surface area contributed by atoms with Gasteiger partial charge >= 0.3 is 0 Å². The third kappa shape index (κ3) is 3.20. The lowest BCUT2D eigenvalue weighted by atomic mass is 10.2. The minimum absolute atomic E-state index is 0.720. The summed E-state index contributed by atoms with van der Waals surface area (Å²) in [5.74, 6) is 2.58. The highest BCUT2D eigenvalue weighted by Crippen LogP contribution is 2.23. The largest absolute Gasteiger partial charge is 0.497 e. The molecule has 2 aromatic heterocycles. The standard InChI is InChI=1S/C17H19N3O2/c1-12-3-8-16(22-12)17-14(11-19-20-17)10-18-9-13-4-6-15(21-2)7-5-13/h3-8,11,18H,9-10H2,1-2H3,(H,19,20). The van der Waals surface area contributed by atoms with Crippen LogP contribution in [0.2, 0.25) is 0 Å². The topological polar surface area (TPSA) is 63.1 Å². The number of aryl methyl sites for hydroxylation is 1. The highest BCUT2D eigenvalue weighted by Gasteiger charge is 2.10. The van der Waals surface area contributed by atoms with Crippen molar-refractivity contribution in [2.75, 3.05) is 7.11 Å². The average molecular weight is 297 g/mol. The minimum Gasteiger partial charge on any atom is -0.497 e. The maximum atomic E-state index is 5.65. The Labute approximate surface area is 129 Å². The molecule has 5 heteroatoms. The van der Waals surface area contributed by atoms with Gasteiger partial charge in [0.2, 0.25) is 0 Å². The monoisotopic (exact) mass is 297 g/mol. The molecular weight excluding hydrogens is 278 g/mol. The molecule has 1 aromatic carbocycles. The molecule has 3 aromatic rings. The lowest BCUT2D eigenvalue weighted by molar-refractivity contribution is 0.414. The Balaban J connectivity index is 1.61. The summed E-state index contributed by atoms with van der Waals surface area (Å²) >= 11 is 0. The van der Waals surface area contributed by atoms with E-state index in [4.69, 9.17) is 9.15 Å². The van der Waals surface area contributed by atoms with E-state index < -0.39 is 0 Å².